The first-order valence-corrected chi connectivity index (χ1v) is 14.2. The molecule has 3 aromatic heterocycles. The molecule has 0 saturated carbocycles. The maximum absolute atomic E-state index is 13.5. The number of carbonyl (C=O) groups excluding carboxylic acids is 1. The molecule has 200 valence electrons. The Balaban J connectivity index is 1.61. The molecule has 0 aliphatic carbocycles. The standard InChI is InChI=1S/C26H35N5O5S/c1-6-37(34,35)30-12-9-19(10-13-30)17(3)24-18(4)23(21-8-7-11-28-31(21)24)26(33)27-15-20-22(36-5)14-16(2)29-25(20)32/h7-8,11,14,17,19H,6,9-10,12-13,15H2,1-5H3,(H,27,33)(H,29,32)/t17-/m0/s1. The Morgan fingerprint density at radius 1 is 1.30 bits per heavy atom. The number of fused-ring (bicyclic) bond motifs is 1. The lowest BCUT2D eigenvalue weighted by atomic mass is 9.83. The van der Waals surface area contributed by atoms with Crippen LogP contribution in [0.2, 0.25) is 0 Å². The lowest BCUT2D eigenvalue weighted by molar-refractivity contribution is 0.0951. The third kappa shape index (κ3) is 5.15. The summed E-state index contributed by atoms with van der Waals surface area (Å²) in [5.41, 5.74) is 3.71. The Morgan fingerprint density at radius 3 is 2.65 bits per heavy atom. The number of piperidine rings is 1. The quantitative estimate of drug-likeness (QED) is 0.462. The molecule has 37 heavy (non-hydrogen) atoms. The Labute approximate surface area is 217 Å². The summed E-state index contributed by atoms with van der Waals surface area (Å²) in [6.45, 7) is 8.50. The number of amides is 1. The average molecular weight is 530 g/mol. The van der Waals surface area contributed by atoms with Crippen molar-refractivity contribution in [2.75, 3.05) is 26.0 Å². The van der Waals surface area contributed by atoms with Gasteiger partial charge in [0.1, 0.15) is 5.75 Å². The fourth-order valence-electron chi connectivity index (χ4n) is 5.41. The zero-order valence-corrected chi connectivity index (χ0v) is 22.8. The average Bonchev–Trinajstić information content (AvgIpc) is 3.18. The number of hydrogen-bond donors (Lipinski definition) is 2. The molecule has 0 radical (unpaired) electrons. The molecule has 0 bridgehead atoms. The summed E-state index contributed by atoms with van der Waals surface area (Å²) in [4.78, 5) is 28.7. The number of H-pyrrole nitrogens is 1. The first kappa shape index (κ1) is 26.9. The van der Waals surface area contributed by atoms with Gasteiger partial charge in [0.15, 0.2) is 0 Å². The van der Waals surface area contributed by atoms with Gasteiger partial charge in [-0.2, -0.15) is 5.10 Å². The second-order valence-electron chi connectivity index (χ2n) is 9.64. The molecule has 1 aliphatic heterocycles. The van der Waals surface area contributed by atoms with Crippen molar-refractivity contribution in [3.05, 3.63) is 62.8 Å². The van der Waals surface area contributed by atoms with Crippen LogP contribution in [-0.2, 0) is 16.6 Å². The van der Waals surface area contributed by atoms with Gasteiger partial charge in [-0.05, 0) is 63.3 Å². The second kappa shape index (κ2) is 10.7. The number of aryl methyl sites for hydroxylation is 1. The van der Waals surface area contributed by atoms with E-state index in [1.54, 1.807) is 36.5 Å². The predicted molar refractivity (Wildman–Crippen MR) is 142 cm³/mol. The molecule has 0 unspecified atom stereocenters. The van der Waals surface area contributed by atoms with Crippen LogP contribution >= 0.6 is 0 Å². The molecule has 0 aromatic carbocycles. The smallest absolute Gasteiger partial charge is 0.256 e. The fourth-order valence-corrected chi connectivity index (χ4v) is 6.54. The van der Waals surface area contributed by atoms with E-state index < -0.39 is 10.0 Å². The molecule has 1 aliphatic rings. The van der Waals surface area contributed by atoms with Crippen LogP contribution in [0.1, 0.15) is 65.5 Å². The zero-order chi connectivity index (χ0) is 26.9. The van der Waals surface area contributed by atoms with Gasteiger partial charge >= 0.3 is 0 Å². The molecule has 1 amide bonds. The van der Waals surface area contributed by atoms with E-state index in [0.29, 0.717) is 41.2 Å². The summed E-state index contributed by atoms with van der Waals surface area (Å²) in [6.07, 6.45) is 3.19. The zero-order valence-electron chi connectivity index (χ0n) is 22.0. The summed E-state index contributed by atoms with van der Waals surface area (Å²) >= 11 is 0. The number of aromatic nitrogens is 3. The van der Waals surface area contributed by atoms with E-state index in [1.165, 1.54) is 7.11 Å². The summed E-state index contributed by atoms with van der Waals surface area (Å²) in [7, 11) is -1.70. The van der Waals surface area contributed by atoms with Crippen LogP contribution in [0.15, 0.2) is 29.2 Å². The number of carbonyl (C=O) groups is 1. The second-order valence-corrected chi connectivity index (χ2v) is 11.9. The Bertz CT molecular complexity index is 1470. The maximum atomic E-state index is 13.5. The summed E-state index contributed by atoms with van der Waals surface area (Å²) < 4.78 is 33.3. The number of sulfonamides is 1. The summed E-state index contributed by atoms with van der Waals surface area (Å²) in [5, 5.41) is 7.44. The van der Waals surface area contributed by atoms with Crippen LogP contribution < -0.4 is 15.6 Å². The van der Waals surface area contributed by atoms with Gasteiger partial charge in [-0.3, -0.25) is 9.59 Å². The molecular weight excluding hydrogens is 494 g/mol. The normalized spacial score (nSPS) is 16.1. The summed E-state index contributed by atoms with van der Waals surface area (Å²) in [5.74, 6) is 0.557. The van der Waals surface area contributed by atoms with Gasteiger partial charge in [-0.15, -0.1) is 0 Å². The minimum absolute atomic E-state index is 0.0178. The van der Waals surface area contributed by atoms with Gasteiger partial charge in [0.05, 0.1) is 36.1 Å². The Hall–Kier alpha value is -3.18. The van der Waals surface area contributed by atoms with Crippen molar-refractivity contribution in [2.24, 2.45) is 5.92 Å². The molecule has 1 fully saturated rings. The first-order chi connectivity index (χ1) is 17.6. The molecular formula is C26H35N5O5S. The number of aromatic amines is 1. The largest absolute Gasteiger partial charge is 0.496 e. The van der Waals surface area contributed by atoms with Crippen molar-refractivity contribution in [1.29, 1.82) is 0 Å². The highest BCUT2D eigenvalue weighted by atomic mass is 32.2. The van der Waals surface area contributed by atoms with Crippen LogP contribution in [0.5, 0.6) is 5.75 Å². The van der Waals surface area contributed by atoms with Crippen molar-refractivity contribution in [1.82, 2.24) is 24.2 Å². The molecule has 1 atom stereocenters. The molecule has 3 aromatic rings. The minimum atomic E-state index is -3.20. The van der Waals surface area contributed by atoms with Crippen LogP contribution in [0.4, 0.5) is 0 Å². The van der Waals surface area contributed by atoms with Gasteiger partial charge in [0, 0.05) is 36.6 Å². The van der Waals surface area contributed by atoms with Gasteiger partial charge in [0.25, 0.3) is 11.5 Å². The van der Waals surface area contributed by atoms with Crippen molar-refractivity contribution in [2.45, 2.75) is 53.0 Å². The SMILES string of the molecule is CCS(=O)(=O)N1CCC([C@H](C)c2c(C)c(C(=O)NCc3c(OC)cc(C)[nH]c3=O)c3cccnn23)CC1. The fraction of sp³-hybridized carbons (Fsp3) is 0.500. The third-order valence-corrected chi connectivity index (χ3v) is 9.37. The van der Waals surface area contributed by atoms with Crippen molar-refractivity contribution < 1.29 is 17.9 Å². The molecule has 4 heterocycles. The molecule has 2 N–H and O–H groups in total. The van der Waals surface area contributed by atoms with E-state index in [2.05, 4.69) is 22.3 Å². The number of pyridine rings is 1. The van der Waals surface area contributed by atoms with Gasteiger partial charge in [0.2, 0.25) is 10.0 Å². The molecule has 11 heteroatoms. The topological polar surface area (TPSA) is 126 Å². The minimum Gasteiger partial charge on any atom is -0.496 e. The Morgan fingerprint density at radius 2 is 2.00 bits per heavy atom. The highest BCUT2D eigenvalue weighted by Gasteiger charge is 2.33. The number of nitrogens with zero attached hydrogens (tertiary/aromatic N) is 3. The molecule has 0 spiro atoms. The van der Waals surface area contributed by atoms with Crippen LogP contribution in [-0.4, -0.2) is 59.2 Å². The van der Waals surface area contributed by atoms with Crippen LogP contribution in [0.25, 0.3) is 5.52 Å². The maximum Gasteiger partial charge on any atom is 0.256 e. The van der Waals surface area contributed by atoms with E-state index in [4.69, 9.17) is 4.74 Å². The summed E-state index contributed by atoms with van der Waals surface area (Å²) in [6, 6.07) is 5.38. The number of ether oxygens (including phenoxy) is 1. The monoisotopic (exact) mass is 529 g/mol. The highest BCUT2D eigenvalue weighted by molar-refractivity contribution is 7.89. The lowest BCUT2D eigenvalue weighted by Gasteiger charge is -2.34. The molecule has 10 nitrogen and oxygen atoms in total. The molecule has 1 saturated heterocycles. The number of rotatable bonds is 8. The van der Waals surface area contributed by atoms with Crippen molar-refractivity contribution in [3.63, 3.8) is 0 Å². The van der Waals surface area contributed by atoms with E-state index in [0.717, 1.165) is 24.1 Å². The van der Waals surface area contributed by atoms with Gasteiger partial charge in [-0.25, -0.2) is 17.2 Å². The lowest BCUT2D eigenvalue weighted by Crippen LogP contribution is -2.40. The van der Waals surface area contributed by atoms with E-state index in [1.807, 2.05) is 17.5 Å². The van der Waals surface area contributed by atoms with Gasteiger partial charge in [-0.1, -0.05) is 6.92 Å². The number of methoxy groups -OCH3 is 1. The number of nitrogens with one attached hydrogen (secondary N) is 2. The van der Waals surface area contributed by atoms with Gasteiger partial charge < -0.3 is 15.0 Å². The highest BCUT2D eigenvalue weighted by Crippen LogP contribution is 2.37. The van der Waals surface area contributed by atoms with Crippen molar-refractivity contribution >= 4 is 21.4 Å². The first-order valence-electron chi connectivity index (χ1n) is 12.6. The van der Waals surface area contributed by atoms with E-state index in [-0.39, 0.29) is 35.6 Å². The van der Waals surface area contributed by atoms with Crippen LogP contribution in [0, 0.1) is 19.8 Å². The predicted octanol–water partition coefficient (Wildman–Crippen LogP) is 2.74. The van der Waals surface area contributed by atoms with E-state index >= 15 is 0 Å². The van der Waals surface area contributed by atoms with E-state index in [9.17, 15) is 18.0 Å². The Kier molecular flexibility index (Phi) is 7.75. The third-order valence-electron chi connectivity index (χ3n) is 7.49. The molecule has 4 rings (SSSR count). The van der Waals surface area contributed by atoms with Crippen molar-refractivity contribution in [3.8, 4) is 5.75 Å². The number of hydrogen-bond acceptors (Lipinski definition) is 6. The van der Waals surface area contributed by atoms with Crippen LogP contribution in [0.3, 0.4) is 0 Å².